The molecule has 194 valence electrons. The lowest BCUT2D eigenvalue weighted by atomic mass is 9.50. The molecule has 0 saturated heterocycles. The second-order valence-electron chi connectivity index (χ2n) is 14.3. The third kappa shape index (κ3) is 4.21. The van der Waals surface area contributed by atoms with Gasteiger partial charge in [0.25, 0.3) is 0 Å². The molecule has 0 radical (unpaired) electrons. The fraction of sp³-hybridized carbons (Fsp3) is 0.750. The second-order valence-corrected chi connectivity index (χ2v) is 14.3. The first kappa shape index (κ1) is 23.3. The molecule has 0 aliphatic heterocycles. The molecule has 0 heterocycles. The first-order chi connectivity index (χ1) is 17.4. The van der Waals surface area contributed by atoms with Gasteiger partial charge in [0, 0.05) is 10.8 Å². The highest BCUT2D eigenvalue weighted by molar-refractivity contribution is 5.95. The zero-order valence-electron chi connectivity index (χ0n) is 21.9. The molecule has 4 heteroatoms. The molecule has 8 aliphatic rings. The number of ether oxygens (including phenoxy) is 2. The third-order valence-corrected chi connectivity index (χ3v) is 11.2. The van der Waals surface area contributed by atoms with Crippen molar-refractivity contribution >= 4 is 11.9 Å². The number of carbonyl (C=O) groups excluding carboxylic acids is 2. The van der Waals surface area contributed by atoms with Crippen molar-refractivity contribution in [1.29, 1.82) is 0 Å². The van der Waals surface area contributed by atoms with Gasteiger partial charge in [-0.1, -0.05) is 6.92 Å². The van der Waals surface area contributed by atoms with Gasteiger partial charge in [0.15, 0.2) is 0 Å². The summed E-state index contributed by atoms with van der Waals surface area (Å²) in [5.74, 6) is 4.49. The van der Waals surface area contributed by atoms with Crippen LogP contribution < -0.4 is 0 Å². The quantitative estimate of drug-likeness (QED) is 0.386. The van der Waals surface area contributed by atoms with Crippen molar-refractivity contribution in [2.24, 2.45) is 46.3 Å². The predicted molar refractivity (Wildman–Crippen MR) is 138 cm³/mol. The Balaban J connectivity index is 1.02. The van der Waals surface area contributed by atoms with E-state index in [9.17, 15) is 9.59 Å². The minimum atomic E-state index is -0.281. The summed E-state index contributed by atoms with van der Waals surface area (Å²) in [6.07, 6.45) is 16.5. The average Bonchev–Trinajstić information content (AvgIpc) is 2.84. The Bertz CT molecular complexity index is 905. The van der Waals surface area contributed by atoms with E-state index >= 15 is 0 Å². The van der Waals surface area contributed by atoms with Crippen LogP contribution >= 0.6 is 0 Å². The maximum atomic E-state index is 13.2. The molecular weight excluding hydrogens is 448 g/mol. The van der Waals surface area contributed by atoms with Gasteiger partial charge in [0.05, 0.1) is 24.3 Å². The average molecular weight is 491 g/mol. The SMILES string of the molecule is CCc1cc(C(=O)OCC23CC4CC(CC(C4)C2)C3)cc(C(=O)OCC23CC4CC(CC(C4)C2)C3)c1. The van der Waals surface area contributed by atoms with Crippen molar-refractivity contribution in [3.05, 3.63) is 34.9 Å². The largest absolute Gasteiger partial charge is 0.462 e. The fourth-order valence-corrected chi connectivity index (χ4v) is 10.7. The van der Waals surface area contributed by atoms with E-state index < -0.39 is 0 Å². The fourth-order valence-electron chi connectivity index (χ4n) is 10.7. The Morgan fingerprint density at radius 3 is 1.28 bits per heavy atom. The summed E-state index contributed by atoms with van der Waals surface area (Å²) in [6, 6.07) is 5.51. The van der Waals surface area contributed by atoms with Crippen LogP contribution in [-0.2, 0) is 15.9 Å². The molecule has 4 nitrogen and oxygen atoms in total. The topological polar surface area (TPSA) is 52.6 Å². The first-order valence-corrected chi connectivity index (χ1v) is 14.9. The smallest absolute Gasteiger partial charge is 0.338 e. The first-order valence-electron chi connectivity index (χ1n) is 14.9. The van der Waals surface area contributed by atoms with E-state index in [0.717, 1.165) is 47.5 Å². The number of hydrogen-bond donors (Lipinski definition) is 0. The van der Waals surface area contributed by atoms with E-state index in [2.05, 4.69) is 6.92 Å². The molecule has 1 aromatic rings. The Morgan fingerprint density at radius 2 is 0.972 bits per heavy atom. The standard InChI is InChI=1S/C32H42O4/c1-2-20-9-27(29(33)35-18-31-12-21-3-22(13-31)5-23(4-21)14-31)11-28(10-20)30(34)36-19-32-15-24-6-25(16-32)8-26(7-24)17-32/h9-11,21-26H,2-8,12-19H2,1H3. The summed E-state index contributed by atoms with van der Waals surface area (Å²) < 4.78 is 12.0. The third-order valence-electron chi connectivity index (χ3n) is 11.2. The predicted octanol–water partition coefficient (Wildman–Crippen LogP) is 7.00. The number of carbonyl (C=O) groups is 2. The lowest BCUT2D eigenvalue weighted by Gasteiger charge is -2.56. The van der Waals surface area contributed by atoms with Gasteiger partial charge in [-0.3, -0.25) is 0 Å². The van der Waals surface area contributed by atoms with Gasteiger partial charge < -0.3 is 9.47 Å². The van der Waals surface area contributed by atoms with Crippen LogP contribution in [0.3, 0.4) is 0 Å². The molecule has 0 atom stereocenters. The zero-order chi connectivity index (χ0) is 24.5. The molecule has 8 fully saturated rings. The van der Waals surface area contributed by atoms with Crippen molar-refractivity contribution in [3.63, 3.8) is 0 Å². The molecule has 8 saturated carbocycles. The summed E-state index contributed by atoms with van der Waals surface area (Å²) >= 11 is 0. The van der Waals surface area contributed by atoms with Gasteiger partial charge in [-0.15, -0.1) is 0 Å². The summed E-state index contributed by atoms with van der Waals surface area (Å²) in [4.78, 5) is 26.4. The van der Waals surface area contributed by atoms with Crippen molar-refractivity contribution in [3.8, 4) is 0 Å². The van der Waals surface area contributed by atoms with Crippen LogP contribution in [0.2, 0.25) is 0 Å². The number of esters is 2. The molecule has 0 amide bonds. The highest BCUT2D eigenvalue weighted by Gasteiger charge is 2.52. The highest BCUT2D eigenvalue weighted by Crippen LogP contribution is 2.61. The molecule has 36 heavy (non-hydrogen) atoms. The van der Waals surface area contributed by atoms with Crippen LogP contribution in [0.15, 0.2) is 18.2 Å². The zero-order valence-corrected chi connectivity index (χ0v) is 21.9. The van der Waals surface area contributed by atoms with Gasteiger partial charge in [0.1, 0.15) is 0 Å². The molecule has 0 N–H and O–H groups in total. The van der Waals surface area contributed by atoms with E-state index in [-0.39, 0.29) is 22.8 Å². The molecule has 0 unspecified atom stereocenters. The number of hydrogen-bond acceptors (Lipinski definition) is 4. The van der Waals surface area contributed by atoms with Crippen LogP contribution in [0.4, 0.5) is 0 Å². The maximum Gasteiger partial charge on any atom is 0.338 e. The number of aryl methyl sites for hydroxylation is 1. The monoisotopic (exact) mass is 490 g/mol. The second kappa shape index (κ2) is 8.60. The maximum absolute atomic E-state index is 13.2. The summed E-state index contributed by atoms with van der Waals surface area (Å²) in [5.41, 5.74) is 2.39. The normalized spacial score (nSPS) is 41.5. The summed E-state index contributed by atoms with van der Waals surface area (Å²) in [5, 5.41) is 0. The van der Waals surface area contributed by atoms with Gasteiger partial charge in [0.2, 0.25) is 0 Å². The molecule has 1 aromatic carbocycles. The van der Waals surface area contributed by atoms with Crippen LogP contribution in [-0.4, -0.2) is 25.2 Å². The Hall–Kier alpha value is -1.84. The number of benzene rings is 1. The Kier molecular flexibility index (Phi) is 5.56. The van der Waals surface area contributed by atoms with Gasteiger partial charge in [-0.25, -0.2) is 9.59 Å². The van der Waals surface area contributed by atoms with Crippen LogP contribution in [0.25, 0.3) is 0 Å². The van der Waals surface area contributed by atoms with E-state index in [1.54, 1.807) is 6.07 Å². The van der Waals surface area contributed by atoms with Crippen molar-refractivity contribution in [2.75, 3.05) is 13.2 Å². The highest BCUT2D eigenvalue weighted by atomic mass is 16.5. The minimum absolute atomic E-state index is 0.201. The molecule has 0 aromatic heterocycles. The Morgan fingerprint density at radius 1 is 0.639 bits per heavy atom. The summed E-state index contributed by atoms with van der Waals surface area (Å²) in [6.45, 7) is 3.14. The van der Waals surface area contributed by atoms with E-state index in [1.807, 2.05) is 12.1 Å². The summed E-state index contributed by atoms with van der Waals surface area (Å²) in [7, 11) is 0. The van der Waals surface area contributed by atoms with E-state index in [1.165, 1.54) is 77.0 Å². The van der Waals surface area contributed by atoms with Crippen molar-refractivity contribution in [2.45, 2.75) is 90.4 Å². The lowest BCUT2D eigenvalue weighted by Crippen LogP contribution is -2.48. The lowest BCUT2D eigenvalue weighted by molar-refractivity contribution is -0.0850. The van der Waals surface area contributed by atoms with Crippen LogP contribution in [0.1, 0.15) is 110 Å². The molecule has 9 rings (SSSR count). The molecule has 0 spiro atoms. The van der Waals surface area contributed by atoms with Crippen LogP contribution in [0, 0.1) is 46.3 Å². The van der Waals surface area contributed by atoms with Gasteiger partial charge in [-0.05, 0) is 143 Å². The molecule has 8 aliphatic carbocycles. The van der Waals surface area contributed by atoms with E-state index in [0.29, 0.717) is 24.3 Å². The van der Waals surface area contributed by atoms with Gasteiger partial charge >= 0.3 is 11.9 Å². The van der Waals surface area contributed by atoms with Crippen LogP contribution in [0.5, 0.6) is 0 Å². The van der Waals surface area contributed by atoms with Gasteiger partial charge in [-0.2, -0.15) is 0 Å². The van der Waals surface area contributed by atoms with E-state index in [4.69, 9.17) is 9.47 Å². The van der Waals surface area contributed by atoms with Crippen molar-refractivity contribution in [1.82, 2.24) is 0 Å². The molecule has 8 bridgehead atoms. The Labute approximate surface area is 215 Å². The number of rotatable bonds is 7. The van der Waals surface area contributed by atoms with Crippen molar-refractivity contribution < 1.29 is 19.1 Å². The minimum Gasteiger partial charge on any atom is -0.462 e. The molecular formula is C32H42O4.